The summed E-state index contributed by atoms with van der Waals surface area (Å²) in [7, 11) is 1.36. The third-order valence-electron chi connectivity index (χ3n) is 5.84. The van der Waals surface area contributed by atoms with Gasteiger partial charge in [0.1, 0.15) is 0 Å². The number of benzene rings is 2. The molecule has 33 heavy (non-hydrogen) atoms. The number of carbonyl (C=O) groups is 1. The summed E-state index contributed by atoms with van der Waals surface area (Å²) >= 11 is 1.35. The van der Waals surface area contributed by atoms with Crippen LogP contribution in [0.3, 0.4) is 0 Å². The van der Waals surface area contributed by atoms with Crippen LogP contribution in [0.1, 0.15) is 56.8 Å². The van der Waals surface area contributed by atoms with Crippen LogP contribution in [0.25, 0.3) is 6.08 Å². The molecule has 0 N–H and O–H groups in total. The highest BCUT2D eigenvalue weighted by atomic mass is 32.1. The lowest BCUT2D eigenvalue weighted by Crippen LogP contribution is -2.40. The Labute approximate surface area is 197 Å². The predicted molar refractivity (Wildman–Crippen MR) is 132 cm³/mol. The van der Waals surface area contributed by atoms with Gasteiger partial charge in [0.25, 0.3) is 5.56 Å². The minimum Gasteiger partial charge on any atom is -0.466 e. The third kappa shape index (κ3) is 4.35. The molecule has 1 aliphatic heterocycles. The minimum absolute atomic E-state index is 0.0639. The number of fused-ring (bicyclic) bond motifs is 1. The number of ether oxygens (including phenoxy) is 1. The van der Waals surface area contributed by atoms with E-state index in [9.17, 15) is 9.59 Å². The predicted octanol–water partition coefficient (Wildman–Crippen LogP) is 4.10. The normalized spacial score (nSPS) is 16.4. The fourth-order valence-corrected chi connectivity index (χ4v) is 5.07. The lowest BCUT2D eigenvalue weighted by Gasteiger charge is -2.25. The lowest BCUT2D eigenvalue weighted by atomic mass is 9.87. The maximum absolute atomic E-state index is 13.6. The molecule has 2 heterocycles. The molecule has 0 unspecified atom stereocenters. The van der Waals surface area contributed by atoms with E-state index in [2.05, 4.69) is 32.9 Å². The van der Waals surface area contributed by atoms with Gasteiger partial charge < -0.3 is 4.74 Å². The maximum atomic E-state index is 13.6. The Balaban J connectivity index is 1.92. The Morgan fingerprint density at radius 3 is 2.36 bits per heavy atom. The second-order valence-electron chi connectivity index (χ2n) is 9.07. The Morgan fingerprint density at radius 1 is 1.12 bits per heavy atom. The molecule has 0 radical (unpaired) electrons. The van der Waals surface area contributed by atoms with Crippen molar-refractivity contribution in [2.24, 2.45) is 4.99 Å². The van der Waals surface area contributed by atoms with Crippen LogP contribution in [0.5, 0.6) is 0 Å². The number of allylic oxidation sites excluding steroid dienone is 1. The molecule has 5 nitrogen and oxygen atoms in total. The Hall–Kier alpha value is -3.25. The highest BCUT2D eigenvalue weighted by Crippen LogP contribution is 2.31. The highest BCUT2D eigenvalue weighted by Gasteiger charge is 2.33. The van der Waals surface area contributed by atoms with Gasteiger partial charge in [-0.2, -0.15) is 0 Å². The largest absolute Gasteiger partial charge is 0.466 e. The second-order valence-corrected chi connectivity index (χ2v) is 10.1. The lowest BCUT2D eigenvalue weighted by molar-refractivity contribution is -0.136. The van der Waals surface area contributed by atoms with Crippen LogP contribution in [0.15, 0.2) is 75.7 Å². The Kier molecular flexibility index (Phi) is 6.21. The van der Waals surface area contributed by atoms with E-state index < -0.39 is 12.0 Å². The summed E-state index contributed by atoms with van der Waals surface area (Å²) in [6.45, 7) is 8.48. The van der Waals surface area contributed by atoms with Gasteiger partial charge in [0, 0.05) is 0 Å². The molecule has 0 bridgehead atoms. The number of thiazole rings is 1. The smallest absolute Gasteiger partial charge is 0.338 e. The summed E-state index contributed by atoms with van der Waals surface area (Å²) in [6.07, 6.45) is 2.46. The van der Waals surface area contributed by atoms with Gasteiger partial charge in [0.2, 0.25) is 0 Å². The highest BCUT2D eigenvalue weighted by molar-refractivity contribution is 7.07. The van der Waals surface area contributed by atoms with E-state index >= 15 is 0 Å². The van der Waals surface area contributed by atoms with Crippen LogP contribution in [-0.2, 0) is 14.9 Å². The van der Waals surface area contributed by atoms with E-state index in [0.717, 1.165) is 11.1 Å². The number of nitrogens with zero attached hydrogens (tertiary/aromatic N) is 2. The van der Waals surface area contributed by atoms with Crippen molar-refractivity contribution in [3.8, 4) is 0 Å². The van der Waals surface area contributed by atoms with Crippen LogP contribution in [0.4, 0.5) is 0 Å². The van der Waals surface area contributed by atoms with E-state index in [-0.39, 0.29) is 11.0 Å². The van der Waals surface area contributed by atoms with Gasteiger partial charge in [0.15, 0.2) is 4.80 Å². The summed E-state index contributed by atoms with van der Waals surface area (Å²) in [6, 6.07) is 17.3. The molecule has 3 aromatic rings. The summed E-state index contributed by atoms with van der Waals surface area (Å²) in [4.78, 5) is 31.7. The molecule has 0 spiro atoms. The summed E-state index contributed by atoms with van der Waals surface area (Å²) in [5.74, 6) is -0.462. The van der Waals surface area contributed by atoms with Crippen molar-refractivity contribution in [1.29, 1.82) is 0 Å². The zero-order valence-corrected chi connectivity index (χ0v) is 20.4. The number of aromatic nitrogens is 1. The number of hydrogen-bond acceptors (Lipinski definition) is 5. The van der Waals surface area contributed by atoms with Crippen LogP contribution in [0.2, 0.25) is 0 Å². The molecule has 0 saturated heterocycles. The molecule has 1 atom stereocenters. The number of methoxy groups -OCH3 is 1. The zero-order chi connectivity index (χ0) is 23.8. The zero-order valence-electron chi connectivity index (χ0n) is 19.6. The van der Waals surface area contributed by atoms with Gasteiger partial charge in [-0.1, -0.05) is 93.6 Å². The first-order valence-corrected chi connectivity index (χ1v) is 11.8. The van der Waals surface area contributed by atoms with E-state index in [1.807, 2.05) is 55.5 Å². The number of hydrogen-bond donors (Lipinski definition) is 0. The van der Waals surface area contributed by atoms with Crippen molar-refractivity contribution in [2.75, 3.05) is 7.11 Å². The summed E-state index contributed by atoms with van der Waals surface area (Å²) in [5.41, 5.74) is 4.00. The van der Waals surface area contributed by atoms with E-state index in [1.54, 1.807) is 4.57 Å². The Bertz CT molecular complexity index is 1390. The standard InChI is InChI=1S/C27H28N2O3S/c1-6-20-22(25(31)32-5)23(18-10-8-7-9-11-18)29-24(30)21(33-26(29)28-20)16-17-12-14-19(15-13-17)27(2,3)4/h7-16,23H,6H2,1-5H3/b21-16-/t23-/m1/s1. The van der Waals surface area contributed by atoms with Crippen LogP contribution < -0.4 is 14.9 Å². The molecule has 6 heteroatoms. The van der Waals surface area contributed by atoms with E-state index in [1.165, 1.54) is 24.0 Å². The van der Waals surface area contributed by atoms with Gasteiger partial charge in [0.05, 0.1) is 29.0 Å². The van der Waals surface area contributed by atoms with Gasteiger partial charge in [-0.25, -0.2) is 9.79 Å². The summed E-state index contributed by atoms with van der Waals surface area (Å²) in [5, 5.41) is 0. The fourth-order valence-electron chi connectivity index (χ4n) is 4.05. The molecule has 4 rings (SSSR count). The molecular formula is C27H28N2O3S. The van der Waals surface area contributed by atoms with Gasteiger partial charge in [-0.3, -0.25) is 9.36 Å². The van der Waals surface area contributed by atoms with Crippen molar-refractivity contribution in [3.05, 3.63) is 102 Å². The minimum atomic E-state index is -0.574. The van der Waals surface area contributed by atoms with Crippen LogP contribution in [0, 0.1) is 0 Å². The first-order valence-electron chi connectivity index (χ1n) is 11.0. The molecular weight excluding hydrogens is 432 g/mol. The average Bonchev–Trinajstić information content (AvgIpc) is 3.12. The first kappa shape index (κ1) is 22.9. The average molecular weight is 461 g/mol. The molecule has 2 aromatic carbocycles. The van der Waals surface area contributed by atoms with Crippen LogP contribution >= 0.6 is 11.3 Å². The molecule has 1 aromatic heterocycles. The van der Waals surface area contributed by atoms with Crippen molar-refractivity contribution in [1.82, 2.24) is 4.57 Å². The van der Waals surface area contributed by atoms with E-state index in [0.29, 0.717) is 27.0 Å². The second kappa shape index (κ2) is 8.94. The van der Waals surface area contributed by atoms with E-state index in [4.69, 9.17) is 9.73 Å². The fraction of sp³-hybridized carbons (Fsp3) is 0.296. The topological polar surface area (TPSA) is 60.7 Å². The molecule has 0 amide bonds. The molecule has 0 fully saturated rings. The molecule has 170 valence electrons. The van der Waals surface area contributed by atoms with Gasteiger partial charge >= 0.3 is 5.97 Å². The van der Waals surface area contributed by atoms with Crippen LogP contribution in [-0.4, -0.2) is 17.6 Å². The summed E-state index contributed by atoms with van der Waals surface area (Å²) < 4.78 is 7.30. The number of esters is 1. The Morgan fingerprint density at radius 2 is 1.79 bits per heavy atom. The molecule has 0 saturated carbocycles. The molecule has 1 aliphatic rings. The maximum Gasteiger partial charge on any atom is 0.338 e. The quantitative estimate of drug-likeness (QED) is 0.551. The first-order chi connectivity index (χ1) is 15.7. The van der Waals surface area contributed by atoms with Gasteiger partial charge in [-0.05, 0) is 34.6 Å². The van der Waals surface area contributed by atoms with Crippen molar-refractivity contribution in [3.63, 3.8) is 0 Å². The van der Waals surface area contributed by atoms with Gasteiger partial charge in [-0.15, -0.1) is 0 Å². The monoisotopic (exact) mass is 460 g/mol. The van der Waals surface area contributed by atoms with Crippen molar-refractivity contribution < 1.29 is 9.53 Å². The SMILES string of the molecule is CCC1=C(C(=O)OC)[C@@H](c2ccccc2)n2c(s/c(=C\c3ccc(C(C)(C)C)cc3)c2=O)=N1. The third-order valence-corrected chi connectivity index (χ3v) is 6.82. The number of rotatable bonds is 4. The molecule has 0 aliphatic carbocycles. The van der Waals surface area contributed by atoms with Crippen molar-refractivity contribution in [2.45, 2.75) is 45.6 Å². The van der Waals surface area contributed by atoms with Crippen molar-refractivity contribution >= 4 is 23.4 Å². The number of carbonyl (C=O) groups excluding carboxylic acids is 1.